The maximum Gasteiger partial charge on any atom is 0.195 e. The van der Waals surface area contributed by atoms with Crippen molar-refractivity contribution in [3.63, 3.8) is 0 Å². The third-order valence-corrected chi connectivity index (χ3v) is 5.45. The Morgan fingerprint density at radius 3 is 1.50 bits per heavy atom. The number of carbonyl (C=O) groups excluding carboxylic acids is 2. The molecule has 0 bridgehead atoms. The number of nitrogens with two attached hydrogens (primary N) is 2. The molecule has 0 saturated carbocycles. The highest BCUT2D eigenvalue weighted by atomic mass is 16.5. The van der Waals surface area contributed by atoms with Crippen LogP contribution in [0.4, 0.5) is 11.4 Å². The normalized spacial score (nSPS) is 10.7. The summed E-state index contributed by atoms with van der Waals surface area (Å²) >= 11 is 0. The van der Waals surface area contributed by atoms with Crippen LogP contribution in [0.5, 0.6) is 11.5 Å². The average molecular weight is 426 g/mol. The van der Waals surface area contributed by atoms with Crippen molar-refractivity contribution >= 4 is 33.7 Å². The molecule has 4 aromatic rings. The van der Waals surface area contributed by atoms with Crippen molar-refractivity contribution in [2.24, 2.45) is 0 Å². The van der Waals surface area contributed by atoms with E-state index < -0.39 is 0 Å². The molecule has 0 unspecified atom stereocenters. The molecule has 4 N–H and O–H groups in total. The highest BCUT2D eigenvalue weighted by Gasteiger charge is 2.27. The van der Waals surface area contributed by atoms with E-state index in [0.29, 0.717) is 33.4 Å². The van der Waals surface area contributed by atoms with Gasteiger partial charge in [0, 0.05) is 22.1 Å². The molecule has 0 aliphatic heterocycles. The molecule has 32 heavy (non-hydrogen) atoms. The minimum atomic E-state index is -0.389. The Morgan fingerprint density at radius 2 is 1.03 bits per heavy atom. The fourth-order valence-electron chi connectivity index (χ4n) is 3.73. The van der Waals surface area contributed by atoms with Crippen molar-refractivity contribution in [2.45, 2.75) is 0 Å². The summed E-state index contributed by atoms with van der Waals surface area (Å²) in [5.41, 5.74) is 14.1. The quantitative estimate of drug-likeness (QED) is 0.348. The minimum Gasteiger partial charge on any atom is -0.497 e. The Hall–Kier alpha value is -4.32. The van der Waals surface area contributed by atoms with E-state index in [1.165, 1.54) is 0 Å². The van der Waals surface area contributed by atoms with Crippen LogP contribution in [-0.4, -0.2) is 25.8 Å². The molecule has 160 valence electrons. The minimum absolute atomic E-state index is 0.0846. The Morgan fingerprint density at radius 1 is 0.594 bits per heavy atom. The van der Waals surface area contributed by atoms with Gasteiger partial charge in [-0.3, -0.25) is 9.59 Å². The Kier molecular flexibility index (Phi) is 5.52. The molecular weight excluding hydrogens is 404 g/mol. The van der Waals surface area contributed by atoms with Crippen LogP contribution in [0.15, 0.2) is 72.8 Å². The number of hydrogen-bond acceptors (Lipinski definition) is 6. The lowest BCUT2D eigenvalue weighted by Crippen LogP contribution is -2.16. The lowest BCUT2D eigenvalue weighted by molar-refractivity contribution is 0.100. The van der Waals surface area contributed by atoms with Crippen molar-refractivity contribution in [3.05, 3.63) is 95.1 Å². The van der Waals surface area contributed by atoms with E-state index in [1.54, 1.807) is 80.9 Å². The first-order chi connectivity index (χ1) is 15.5. The van der Waals surface area contributed by atoms with Crippen molar-refractivity contribution < 1.29 is 19.1 Å². The second kappa shape index (κ2) is 8.43. The summed E-state index contributed by atoms with van der Waals surface area (Å²) in [4.78, 5) is 27.2. The van der Waals surface area contributed by atoms with Crippen LogP contribution in [0.1, 0.15) is 31.8 Å². The zero-order valence-electron chi connectivity index (χ0n) is 17.7. The Labute approximate surface area is 185 Å². The molecule has 0 heterocycles. The first kappa shape index (κ1) is 20.9. The number of anilines is 2. The topological polar surface area (TPSA) is 105 Å². The number of benzene rings is 4. The summed E-state index contributed by atoms with van der Waals surface area (Å²) in [6, 6.07) is 20.5. The zero-order chi connectivity index (χ0) is 22.8. The third kappa shape index (κ3) is 3.52. The van der Waals surface area contributed by atoms with E-state index in [0.717, 1.165) is 0 Å². The SMILES string of the molecule is COc1ccc(C(=O)c2c(N)c(N)c3ccccc3c2C(=O)c2ccc(OC)cc2)cc1. The zero-order valence-corrected chi connectivity index (χ0v) is 17.7. The van der Waals surface area contributed by atoms with Crippen LogP contribution in [0, 0.1) is 0 Å². The molecule has 4 aromatic carbocycles. The van der Waals surface area contributed by atoms with Gasteiger partial charge in [-0.1, -0.05) is 24.3 Å². The maximum atomic E-state index is 13.7. The number of ether oxygens (including phenoxy) is 2. The number of rotatable bonds is 6. The van der Waals surface area contributed by atoms with E-state index in [4.69, 9.17) is 20.9 Å². The molecule has 0 aliphatic rings. The van der Waals surface area contributed by atoms with Crippen LogP contribution in [0.2, 0.25) is 0 Å². The summed E-state index contributed by atoms with van der Waals surface area (Å²) in [6.07, 6.45) is 0. The standard InChI is InChI=1S/C26H22N2O4/c1-31-17-11-7-15(8-12-17)25(29)21-19-5-3-4-6-20(19)23(27)24(28)22(21)26(30)16-9-13-18(32-2)14-10-16/h3-14H,27-28H2,1-2H3. The number of ketones is 2. The summed E-state index contributed by atoms with van der Waals surface area (Å²) in [5, 5.41) is 1.19. The van der Waals surface area contributed by atoms with Crippen LogP contribution in [-0.2, 0) is 0 Å². The number of fused-ring (bicyclic) bond motifs is 1. The van der Waals surface area contributed by atoms with Gasteiger partial charge in [0.15, 0.2) is 11.6 Å². The number of nitrogen functional groups attached to an aromatic ring is 2. The maximum absolute atomic E-state index is 13.7. The molecule has 0 atom stereocenters. The van der Waals surface area contributed by atoms with Gasteiger partial charge in [-0.25, -0.2) is 0 Å². The molecule has 0 aliphatic carbocycles. The molecule has 0 amide bonds. The number of hydrogen-bond donors (Lipinski definition) is 2. The third-order valence-electron chi connectivity index (χ3n) is 5.45. The molecule has 0 radical (unpaired) electrons. The van der Waals surface area contributed by atoms with Gasteiger partial charge in [-0.2, -0.15) is 0 Å². The van der Waals surface area contributed by atoms with E-state index >= 15 is 0 Å². The van der Waals surface area contributed by atoms with Crippen LogP contribution < -0.4 is 20.9 Å². The first-order valence-corrected chi connectivity index (χ1v) is 9.93. The van der Waals surface area contributed by atoms with Crippen LogP contribution in [0.3, 0.4) is 0 Å². The highest BCUT2D eigenvalue weighted by molar-refractivity contribution is 6.29. The largest absolute Gasteiger partial charge is 0.497 e. The van der Waals surface area contributed by atoms with Gasteiger partial charge in [0.1, 0.15) is 11.5 Å². The summed E-state index contributed by atoms with van der Waals surface area (Å²) < 4.78 is 10.4. The number of methoxy groups -OCH3 is 2. The van der Waals surface area contributed by atoms with E-state index in [9.17, 15) is 9.59 Å². The van der Waals surface area contributed by atoms with E-state index in [2.05, 4.69) is 0 Å². The molecule has 0 aromatic heterocycles. The highest BCUT2D eigenvalue weighted by Crippen LogP contribution is 2.37. The molecule has 6 heteroatoms. The molecule has 4 rings (SSSR count). The van der Waals surface area contributed by atoms with Gasteiger partial charge in [0.2, 0.25) is 0 Å². The fourth-order valence-corrected chi connectivity index (χ4v) is 3.73. The van der Waals surface area contributed by atoms with Gasteiger partial charge in [0.25, 0.3) is 0 Å². The van der Waals surface area contributed by atoms with E-state index in [-0.39, 0.29) is 34.1 Å². The van der Waals surface area contributed by atoms with Gasteiger partial charge in [0.05, 0.1) is 31.2 Å². The van der Waals surface area contributed by atoms with Gasteiger partial charge < -0.3 is 20.9 Å². The van der Waals surface area contributed by atoms with Crippen molar-refractivity contribution in [1.82, 2.24) is 0 Å². The Bertz CT molecular complexity index is 1330. The predicted molar refractivity (Wildman–Crippen MR) is 126 cm³/mol. The Balaban J connectivity index is 1.97. The molecule has 6 nitrogen and oxygen atoms in total. The average Bonchev–Trinajstić information content (AvgIpc) is 2.85. The predicted octanol–water partition coefficient (Wildman–Crippen LogP) is 4.48. The molecule has 0 saturated heterocycles. The lowest BCUT2D eigenvalue weighted by atomic mass is 9.87. The second-order valence-corrected chi connectivity index (χ2v) is 7.24. The summed E-state index contributed by atoms with van der Waals surface area (Å²) in [6.45, 7) is 0. The molecule has 0 spiro atoms. The van der Waals surface area contributed by atoms with Crippen molar-refractivity contribution in [3.8, 4) is 11.5 Å². The lowest BCUT2D eigenvalue weighted by Gasteiger charge is -2.17. The van der Waals surface area contributed by atoms with E-state index in [1.807, 2.05) is 6.07 Å². The number of carbonyl (C=O) groups is 2. The van der Waals surface area contributed by atoms with Gasteiger partial charge in [-0.15, -0.1) is 0 Å². The van der Waals surface area contributed by atoms with Crippen LogP contribution >= 0.6 is 0 Å². The summed E-state index contributed by atoms with van der Waals surface area (Å²) in [7, 11) is 3.10. The molecular formula is C26H22N2O4. The van der Waals surface area contributed by atoms with Gasteiger partial charge in [-0.05, 0) is 53.9 Å². The summed E-state index contributed by atoms with van der Waals surface area (Å²) in [5.74, 6) is 0.520. The van der Waals surface area contributed by atoms with Crippen molar-refractivity contribution in [1.29, 1.82) is 0 Å². The first-order valence-electron chi connectivity index (χ1n) is 9.93. The van der Waals surface area contributed by atoms with Crippen LogP contribution in [0.25, 0.3) is 10.8 Å². The smallest absolute Gasteiger partial charge is 0.195 e. The second-order valence-electron chi connectivity index (χ2n) is 7.24. The van der Waals surface area contributed by atoms with Gasteiger partial charge >= 0.3 is 0 Å². The molecule has 0 fully saturated rings. The van der Waals surface area contributed by atoms with Crippen molar-refractivity contribution in [2.75, 3.05) is 25.7 Å². The monoisotopic (exact) mass is 426 g/mol. The fraction of sp³-hybridized carbons (Fsp3) is 0.0769.